The van der Waals surface area contributed by atoms with Gasteiger partial charge < -0.3 is 23.8 Å². The molecule has 0 bridgehead atoms. The van der Waals surface area contributed by atoms with Gasteiger partial charge in [-0.2, -0.15) is 0 Å². The number of imide groups is 1. The molecular weight excluding hydrogens is 393 g/mol. The molecule has 164 valence electrons. The predicted molar refractivity (Wildman–Crippen MR) is 101 cm³/mol. The summed E-state index contributed by atoms with van der Waals surface area (Å²) in [5, 5.41) is 8.56. The normalized spacial score (nSPS) is 18.0. The summed E-state index contributed by atoms with van der Waals surface area (Å²) in [6, 6.07) is 0. The van der Waals surface area contributed by atoms with E-state index >= 15 is 0 Å². The lowest BCUT2D eigenvalue weighted by atomic mass is 10.4. The van der Waals surface area contributed by atoms with Crippen molar-refractivity contribution in [3.8, 4) is 0 Å². The van der Waals surface area contributed by atoms with Crippen LogP contribution in [-0.2, 0) is 28.1 Å². The SMILES string of the molecule is CC(C)OP(=O)(N(C)C)N1CCN(C(=O)OCCOCCOCCO)C(=O)C1. The quantitative estimate of drug-likeness (QED) is 0.347. The molecule has 1 N–H and O–H groups in total. The van der Waals surface area contributed by atoms with Crippen molar-refractivity contribution < 1.29 is 38.0 Å². The molecular formula is C16H32N3O8P. The minimum Gasteiger partial charge on any atom is -0.447 e. The van der Waals surface area contributed by atoms with Gasteiger partial charge >= 0.3 is 13.8 Å². The Morgan fingerprint density at radius 3 is 2.29 bits per heavy atom. The van der Waals surface area contributed by atoms with Crippen LogP contribution < -0.4 is 0 Å². The van der Waals surface area contributed by atoms with Crippen molar-refractivity contribution in [2.75, 3.05) is 73.4 Å². The van der Waals surface area contributed by atoms with Crippen LogP contribution in [-0.4, -0.2) is 111 Å². The molecule has 1 fully saturated rings. The fraction of sp³-hybridized carbons (Fsp3) is 0.875. The highest BCUT2D eigenvalue weighted by atomic mass is 31.2. The van der Waals surface area contributed by atoms with Crippen LogP contribution in [0.25, 0.3) is 0 Å². The number of rotatable bonds is 12. The number of ether oxygens (including phenoxy) is 3. The molecule has 0 spiro atoms. The third kappa shape index (κ3) is 7.75. The van der Waals surface area contributed by atoms with Gasteiger partial charge in [-0.05, 0) is 27.9 Å². The summed E-state index contributed by atoms with van der Waals surface area (Å²) in [4.78, 5) is 25.4. The zero-order valence-corrected chi connectivity index (χ0v) is 17.9. The monoisotopic (exact) mass is 425 g/mol. The smallest absolute Gasteiger partial charge is 0.416 e. The van der Waals surface area contributed by atoms with Crippen LogP contribution in [0.1, 0.15) is 13.8 Å². The largest absolute Gasteiger partial charge is 0.447 e. The molecule has 1 aliphatic heterocycles. The number of carbonyl (C=O) groups is 2. The van der Waals surface area contributed by atoms with Gasteiger partial charge in [-0.1, -0.05) is 0 Å². The lowest BCUT2D eigenvalue weighted by molar-refractivity contribution is -0.132. The van der Waals surface area contributed by atoms with E-state index in [-0.39, 0.29) is 52.2 Å². The van der Waals surface area contributed by atoms with Crippen molar-refractivity contribution in [1.82, 2.24) is 14.2 Å². The average molecular weight is 425 g/mol. The maximum absolute atomic E-state index is 13.1. The van der Waals surface area contributed by atoms with Crippen LogP contribution in [0.4, 0.5) is 4.79 Å². The van der Waals surface area contributed by atoms with E-state index in [4.69, 9.17) is 23.8 Å². The molecule has 1 saturated heterocycles. The number of hydrogen-bond acceptors (Lipinski definition) is 8. The van der Waals surface area contributed by atoms with E-state index < -0.39 is 19.7 Å². The highest BCUT2D eigenvalue weighted by Crippen LogP contribution is 2.53. The van der Waals surface area contributed by atoms with E-state index in [0.29, 0.717) is 13.2 Å². The first-order valence-corrected chi connectivity index (χ1v) is 10.7. The molecule has 1 aliphatic rings. The first kappa shape index (κ1) is 25.0. The van der Waals surface area contributed by atoms with Gasteiger partial charge in [0.05, 0.1) is 45.7 Å². The number of amides is 2. The minimum absolute atomic E-state index is 0.00101. The third-order valence-electron chi connectivity index (χ3n) is 3.69. The van der Waals surface area contributed by atoms with Crippen LogP contribution >= 0.6 is 7.67 Å². The minimum atomic E-state index is -3.34. The van der Waals surface area contributed by atoms with Gasteiger partial charge in [0.1, 0.15) is 6.61 Å². The third-order valence-corrected chi connectivity index (χ3v) is 6.46. The van der Waals surface area contributed by atoms with E-state index in [2.05, 4.69) is 0 Å². The molecule has 0 aromatic carbocycles. The molecule has 0 aromatic rings. The Bertz CT molecular complexity index is 546. The average Bonchev–Trinajstić information content (AvgIpc) is 2.62. The number of hydrogen-bond donors (Lipinski definition) is 1. The Morgan fingerprint density at radius 1 is 1.14 bits per heavy atom. The summed E-state index contributed by atoms with van der Waals surface area (Å²) in [7, 11) is -0.0833. The summed E-state index contributed by atoms with van der Waals surface area (Å²) in [5.74, 6) is -0.496. The van der Waals surface area contributed by atoms with E-state index in [9.17, 15) is 14.2 Å². The summed E-state index contributed by atoms with van der Waals surface area (Å²) in [6.45, 7) is 4.63. The molecule has 0 radical (unpaired) electrons. The van der Waals surface area contributed by atoms with Crippen LogP contribution in [0.15, 0.2) is 0 Å². The zero-order chi connectivity index (χ0) is 21.2. The fourth-order valence-corrected chi connectivity index (χ4v) is 4.43. The Labute approximate surface area is 166 Å². The van der Waals surface area contributed by atoms with Crippen LogP contribution in [0.5, 0.6) is 0 Å². The van der Waals surface area contributed by atoms with Crippen molar-refractivity contribution in [1.29, 1.82) is 0 Å². The summed E-state index contributed by atoms with van der Waals surface area (Å²) >= 11 is 0. The van der Waals surface area contributed by atoms with Gasteiger partial charge in [0, 0.05) is 13.1 Å². The Balaban J connectivity index is 2.41. The number of piperazine rings is 1. The predicted octanol–water partition coefficient (Wildman–Crippen LogP) is 0.387. The Hall–Kier alpha value is -1.07. The van der Waals surface area contributed by atoms with E-state index in [1.807, 2.05) is 0 Å². The van der Waals surface area contributed by atoms with Crippen molar-refractivity contribution in [2.45, 2.75) is 20.0 Å². The molecule has 0 aromatic heterocycles. The van der Waals surface area contributed by atoms with Crippen LogP contribution in [0, 0.1) is 0 Å². The van der Waals surface area contributed by atoms with Gasteiger partial charge in [-0.3, -0.25) is 9.36 Å². The van der Waals surface area contributed by atoms with Gasteiger partial charge in [-0.15, -0.1) is 0 Å². The number of aliphatic hydroxyl groups excluding tert-OH is 1. The van der Waals surface area contributed by atoms with Crippen molar-refractivity contribution in [2.24, 2.45) is 0 Å². The fourth-order valence-electron chi connectivity index (χ4n) is 2.41. The number of nitrogens with zero attached hydrogens (tertiary/aromatic N) is 3. The van der Waals surface area contributed by atoms with Gasteiger partial charge in [0.2, 0.25) is 5.91 Å². The highest BCUT2D eigenvalue weighted by Gasteiger charge is 2.41. The van der Waals surface area contributed by atoms with Crippen LogP contribution in [0.2, 0.25) is 0 Å². The number of aliphatic hydroxyl groups is 1. The second-order valence-corrected chi connectivity index (χ2v) is 9.05. The molecule has 1 unspecified atom stereocenters. The molecule has 0 saturated carbocycles. The molecule has 0 aliphatic carbocycles. The lowest BCUT2D eigenvalue weighted by Gasteiger charge is -2.39. The molecule has 2 amide bonds. The van der Waals surface area contributed by atoms with Crippen molar-refractivity contribution in [3.05, 3.63) is 0 Å². The summed E-state index contributed by atoms with van der Waals surface area (Å²) < 4.78 is 36.9. The molecule has 12 heteroatoms. The standard InChI is InChI=1S/C16H32N3O8P/c1-14(2)27-28(23,17(3)4)18-5-6-19(15(21)13-18)16(22)26-12-11-25-10-9-24-8-7-20/h14,20H,5-13H2,1-4H3. The zero-order valence-electron chi connectivity index (χ0n) is 17.0. The van der Waals surface area contributed by atoms with Crippen LogP contribution in [0.3, 0.4) is 0 Å². The van der Waals surface area contributed by atoms with Crippen molar-refractivity contribution in [3.63, 3.8) is 0 Å². The molecule has 28 heavy (non-hydrogen) atoms. The highest BCUT2D eigenvalue weighted by molar-refractivity contribution is 7.54. The first-order chi connectivity index (χ1) is 13.2. The molecule has 1 rings (SSSR count). The van der Waals surface area contributed by atoms with E-state index in [1.165, 1.54) is 9.34 Å². The van der Waals surface area contributed by atoms with E-state index in [0.717, 1.165) is 4.90 Å². The van der Waals surface area contributed by atoms with Crippen molar-refractivity contribution >= 4 is 19.7 Å². The molecule has 1 heterocycles. The van der Waals surface area contributed by atoms with Gasteiger partial charge in [0.15, 0.2) is 0 Å². The molecule has 1 atom stereocenters. The first-order valence-electron chi connectivity index (χ1n) is 9.17. The van der Waals surface area contributed by atoms with Gasteiger partial charge in [0.25, 0.3) is 0 Å². The second kappa shape index (κ2) is 12.5. The topological polar surface area (TPSA) is 118 Å². The number of carbonyl (C=O) groups excluding carboxylic acids is 2. The Morgan fingerprint density at radius 2 is 1.75 bits per heavy atom. The molecule has 11 nitrogen and oxygen atoms in total. The van der Waals surface area contributed by atoms with Gasteiger partial charge in [-0.25, -0.2) is 19.0 Å². The second-order valence-electron chi connectivity index (χ2n) is 6.49. The lowest BCUT2D eigenvalue weighted by Crippen LogP contribution is -2.52. The maximum Gasteiger partial charge on any atom is 0.416 e. The van der Waals surface area contributed by atoms with E-state index in [1.54, 1.807) is 27.9 Å². The summed E-state index contributed by atoms with van der Waals surface area (Å²) in [5.41, 5.74) is 0. The maximum atomic E-state index is 13.1. The summed E-state index contributed by atoms with van der Waals surface area (Å²) in [6.07, 6.45) is -1.03. The Kier molecular flexibility index (Phi) is 11.1.